The van der Waals surface area contributed by atoms with Crippen LogP contribution in [0, 0.1) is 0 Å². The number of phosphoric acid groups is 2. The van der Waals surface area contributed by atoms with Gasteiger partial charge in [0.15, 0.2) is 6.10 Å². The second-order valence-corrected chi connectivity index (χ2v) is 17.1. The molecule has 0 saturated carbocycles. The highest BCUT2D eigenvalue weighted by molar-refractivity contribution is 7.47. The predicted octanol–water partition coefficient (Wildman–Crippen LogP) is 10.6. The van der Waals surface area contributed by atoms with Crippen molar-refractivity contribution >= 4 is 27.6 Å². The van der Waals surface area contributed by atoms with Crippen LogP contribution in [0.15, 0.2) is 122 Å². The van der Waals surface area contributed by atoms with Crippen molar-refractivity contribution < 1.29 is 66.7 Å². The Morgan fingerprint density at radius 3 is 1.59 bits per heavy atom. The molecule has 0 aliphatic rings. The number of unbranched alkanes of at least 4 members (excludes halogenated alkanes) is 4. The van der Waals surface area contributed by atoms with Crippen molar-refractivity contribution in [2.75, 3.05) is 26.4 Å². The number of rotatable bonds is 40. The molecule has 4 atom stereocenters. The average molecular weight is 939 g/mol. The zero-order valence-corrected chi connectivity index (χ0v) is 39.7. The summed E-state index contributed by atoms with van der Waals surface area (Å²) >= 11 is 0. The largest absolute Gasteiger partial charge is 0.472 e. The van der Waals surface area contributed by atoms with Crippen molar-refractivity contribution in [2.24, 2.45) is 0 Å². The molecule has 0 amide bonds. The van der Waals surface area contributed by atoms with Crippen LogP contribution in [0.25, 0.3) is 0 Å². The molecule has 0 spiro atoms. The van der Waals surface area contributed by atoms with Crippen molar-refractivity contribution in [1.29, 1.82) is 0 Å². The predicted molar refractivity (Wildman–Crippen MR) is 254 cm³/mol. The van der Waals surface area contributed by atoms with E-state index in [9.17, 15) is 33.8 Å². The lowest BCUT2D eigenvalue weighted by Crippen LogP contribution is -2.29. The standard InChI is InChI=1S/C48H76O14P2/c1-3-5-7-9-11-13-15-17-18-19-20-22-24-26-28-30-34-38-47(51)58-42-46(43-61-64(56,57)60-41-45(50)40-59-63(53,54)55)62-48(52)39-35-31-33-37-44(49)36-32-29-27-25-23-21-16-14-12-10-8-6-4-2/h5-8,11-14,17-18,20-23,27,29,31-33,36,44-46,49-50H,3-4,9-10,15-16,19,24-26,28,30,34-35,37-43H2,1-2H3,(H,56,57)(H2,53,54,55)/b7-5-,8-6-,13-11-,14-12-,18-17-,22-20-,23-21-,29-27-,33-31-,36-32-/t44?,45-,46+/m0/s1. The molecule has 0 saturated heterocycles. The van der Waals surface area contributed by atoms with Crippen LogP contribution in [0.4, 0.5) is 0 Å². The van der Waals surface area contributed by atoms with Gasteiger partial charge in [-0.3, -0.25) is 23.2 Å². The number of aliphatic hydroxyl groups excluding tert-OH is 2. The molecule has 0 heterocycles. The van der Waals surface area contributed by atoms with E-state index in [0.717, 1.165) is 77.0 Å². The maximum absolute atomic E-state index is 12.7. The summed E-state index contributed by atoms with van der Waals surface area (Å²) in [5, 5.41) is 20.0. The van der Waals surface area contributed by atoms with Gasteiger partial charge >= 0.3 is 27.6 Å². The highest BCUT2D eigenvalue weighted by atomic mass is 31.2. The van der Waals surface area contributed by atoms with Crippen molar-refractivity contribution in [3.05, 3.63) is 122 Å². The zero-order chi connectivity index (χ0) is 47.4. The van der Waals surface area contributed by atoms with Crippen molar-refractivity contribution in [1.82, 2.24) is 0 Å². The smallest absolute Gasteiger partial charge is 0.462 e. The minimum Gasteiger partial charge on any atom is -0.462 e. The zero-order valence-electron chi connectivity index (χ0n) is 37.9. The number of carbonyl (C=O) groups is 2. The molecule has 0 rings (SSSR count). The summed E-state index contributed by atoms with van der Waals surface area (Å²) in [6, 6.07) is 0. The Kier molecular flexibility index (Phi) is 39.8. The maximum atomic E-state index is 12.7. The number of allylic oxidation sites excluding steroid dienone is 18. The number of hydrogen-bond acceptors (Lipinski definition) is 11. The summed E-state index contributed by atoms with van der Waals surface area (Å²) in [6.07, 6.45) is 49.3. The van der Waals surface area contributed by atoms with Gasteiger partial charge in [-0.1, -0.05) is 148 Å². The van der Waals surface area contributed by atoms with E-state index >= 15 is 0 Å². The molecule has 2 unspecified atom stereocenters. The van der Waals surface area contributed by atoms with Crippen LogP contribution in [0.1, 0.15) is 123 Å². The number of ether oxygens (including phenoxy) is 2. The Balaban J connectivity index is 4.79. The van der Waals surface area contributed by atoms with E-state index in [0.29, 0.717) is 12.8 Å². The third kappa shape index (κ3) is 45.1. The number of phosphoric ester groups is 2. The lowest BCUT2D eigenvalue weighted by atomic mass is 10.1. The summed E-state index contributed by atoms with van der Waals surface area (Å²) in [6.45, 7) is 1.28. The van der Waals surface area contributed by atoms with Gasteiger partial charge in [0, 0.05) is 12.8 Å². The molecule has 16 heteroatoms. The van der Waals surface area contributed by atoms with Crippen LogP contribution in [-0.2, 0) is 41.8 Å². The molecule has 0 aromatic heterocycles. The van der Waals surface area contributed by atoms with Crippen molar-refractivity contribution in [2.45, 2.75) is 141 Å². The lowest BCUT2D eigenvalue weighted by Gasteiger charge is -2.20. The van der Waals surface area contributed by atoms with Crippen LogP contribution >= 0.6 is 15.6 Å². The van der Waals surface area contributed by atoms with Crippen LogP contribution in [0.3, 0.4) is 0 Å². The van der Waals surface area contributed by atoms with Crippen LogP contribution in [0.2, 0.25) is 0 Å². The Morgan fingerprint density at radius 2 is 1.02 bits per heavy atom. The Morgan fingerprint density at radius 1 is 0.516 bits per heavy atom. The fourth-order valence-electron chi connectivity index (χ4n) is 5.09. The van der Waals surface area contributed by atoms with Gasteiger partial charge in [0.05, 0.1) is 25.9 Å². The van der Waals surface area contributed by atoms with Crippen LogP contribution < -0.4 is 0 Å². The first-order valence-corrected chi connectivity index (χ1v) is 25.4. The normalized spacial score (nSPS) is 15.5. The van der Waals surface area contributed by atoms with Gasteiger partial charge in [-0.15, -0.1) is 0 Å². The minimum absolute atomic E-state index is 0.0885. The lowest BCUT2D eigenvalue weighted by molar-refractivity contribution is -0.161. The number of carbonyl (C=O) groups excluding carboxylic acids is 2. The average Bonchev–Trinajstić information content (AvgIpc) is 3.25. The fourth-order valence-corrected chi connectivity index (χ4v) is 6.25. The van der Waals surface area contributed by atoms with Gasteiger partial charge in [-0.25, -0.2) is 9.13 Å². The molecule has 0 aliphatic carbocycles. The van der Waals surface area contributed by atoms with Crippen LogP contribution in [0.5, 0.6) is 0 Å². The Labute approximate surface area is 382 Å². The Hall–Kier alpha value is -3.52. The summed E-state index contributed by atoms with van der Waals surface area (Å²) in [5.41, 5.74) is 0. The summed E-state index contributed by atoms with van der Waals surface area (Å²) in [7, 11) is -9.77. The van der Waals surface area contributed by atoms with Crippen molar-refractivity contribution in [3.63, 3.8) is 0 Å². The van der Waals surface area contributed by atoms with E-state index in [2.05, 4.69) is 108 Å². The van der Waals surface area contributed by atoms with E-state index < -0.39 is 72.3 Å². The summed E-state index contributed by atoms with van der Waals surface area (Å²) in [5.74, 6) is -1.25. The molecular formula is C48H76O14P2. The van der Waals surface area contributed by atoms with Crippen molar-refractivity contribution in [3.8, 4) is 0 Å². The summed E-state index contributed by atoms with van der Waals surface area (Å²) < 4.78 is 47.6. The van der Waals surface area contributed by atoms with E-state index in [4.69, 9.17) is 23.8 Å². The molecule has 0 radical (unpaired) electrons. The molecule has 0 bridgehead atoms. The first-order chi connectivity index (χ1) is 30.8. The summed E-state index contributed by atoms with van der Waals surface area (Å²) in [4.78, 5) is 52.7. The third-order valence-electron chi connectivity index (χ3n) is 8.43. The van der Waals surface area contributed by atoms with Gasteiger partial charge in [-0.05, 0) is 83.5 Å². The molecule has 0 fully saturated rings. The second kappa shape index (κ2) is 42.1. The number of hydrogen-bond donors (Lipinski definition) is 5. The third-order valence-corrected chi connectivity index (χ3v) is 9.87. The topological polar surface area (TPSA) is 216 Å². The minimum atomic E-state index is -4.89. The molecule has 5 N–H and O–H groups in total. The van der Waals surface area contributed by atoms with Gasteiger partial charge in [0.1, 0.15) is 12.7 Å². The second-order valence-electron chi connectivity index (χ2n) is 14.4. The first-order valence-electron chi connectivity index (χ1n) is 22.3. The number of aliphatic hydroxyl groups is 2. The van der Waals surface area contributed by atoms with Gasteiger partial charge in [0.2, 0.25) is 0 Å². The number of esters is 2. The molecule has 64 heavy (non-hydrogen) atoms. The molecule has 0 aromatic rings. The van der Waals surface area contributed by atoms with Gasteiger partial charge < -0.3 is 34.4 Å². The molecule has 14 nitrogen and oxygen atoms in total. The SMILES string of the molecule is CC/C=C\C/C=C\C/C=C\C/C=C\C=C/C(O)C/C=C\CCC(=O)O[C@H](COC(=O)CCCCCC/C=C\C/C=C\C/C=C\C/C=C\CC)COP(=O)(O)OC[C@@H](O)COP(=O)(O)O. The molecule has 0 aromatic carbocycles. The van der Waals surface area contributed by atoms with E-state index in [1.807, 2.05) is 12.2 Å². The molecular weight excluding hydrogens is 862 g/mol. The first kappa shape index (κ1) is 60.5. The quantitative estimate of drug-likeness (QED) is 0.0127. The highest BCUT2D eigenvalue weighted by Gasteiger charge is 2.28. The fraction of sp³-hybridized carbons (Fsp3) is 0.542. The molecule has 362 valence electrons. The highest BCUT2D eigenvalue weighted by Crippen LogP contribution is 2.43. The molecule has 0 aliphatic heterocycles. The Bertz CT molecular complexity index is 1600. The van der Waals surface area contributed by atoms with E-state index in [1.54, 1.807) is 24.3 Å². The van der Waals surface area contributed by atoms with E-state index in [1.165, 1.54) is 0 Å². The van der Waals surface area contributed by atoms with E-state index in [-0.39, 0.29) is 19.3 Å². The maximum Gasteiger partial charge on any atom is 0.472 e. The van der Waals surface area contributed by atoms with Crippen LogP contribution in [-0.4, -0.2) is 81.6 Å². The van der Waals surface area contributed by atoms with Gasteiger partial charge in [-0.2, -0.15) is 0 Å². The monoisotopic (exact) mass is 938 g/mol. The van der Waals surface area contributed by atoms with Gasteiger partial charge in [0.25, 0.3) is 0 Å².